The van der Waals surface area contributed by atoms with Crippen LogP contribution in [0.15, 0.2) is 42.9 Å². The maximum absolute atomic E-state index is 14.1. The molecule has 1 atom stereocenters. The van der Waals surface area contributed by atoms with E-state index in [1.54, 1.807) is 10.9 Å². The summed E-state index contributed by atoms with van der Waals surface area (Å²) in [4.78, 5) is 35.9. The number of fused-ring (bicyclic) bond motifs is 1. The quantitative estimate of drug-likeness (QED) is 0.180. The molecule has 7 rings (SSSR count). The Hall–Kier alpha value is -5.11. The van der Waals surface area contributed by atoms with Crippen molar-refractivity contribution in [3.63, 3.8) is 0 Å². The molecule has 1 aromatic carbocycles. The highest BCUT2D eigenvalue weighted by molar-refractivity contribution is 6.06. The Morgan fingerprint density at radius 3 is 2.82 bits per heavy atom. The van der Waals surface area contributed by atoms with Crippen molar-refractivity contribution in [2.75, 3.05) is 35.6 Å². The van der Waals surface area contributed by atoms with Crippen molar-refractivity contribution in [1.29, 1.82) is 0 Å². The molecule has 1 aliphatic carbocycles. The Labute approximate surface area is 258 Å². The Morgan fingerprint density at radius 1 is 1.16 bits per heavy atom. The van der Waals surface area contributed by atoms with E-state index < -0.39 is 5.82 Å². The lowest BCUT2D eigenvalue weighted by atomic mass is 10.1. The van der Waals surface area contributed by atoms with Gasteiger partial charge in [-0.3, -0.25) is 14.4 Å². The number of aromatic nitrogens is 7. The van der Waals surface area contributed by atoms with Gasteiger partial charge >= 0.3 is 6.01 Å². The average Bonchev–Trinajstić information content (AvgIpc) is 3.39. The second kappa shape index (κ2) is 11.8. The van der Waals surface area contributed by atoms with Gasteiger partial charge in [0.25, 0.3) is 0 Å². The molecule has 2 fully saturated rings. The van der Waals surface area contributed by atoms with Crippen molar-refractivity contribution in [3.05, 3.63) is 59.9 Å². The minimum atomic E-state index is -0.493. The maximum atomic E-state index is 14.1. The Balaban J connectivity index is 1.00. The fourth-order valence-electron chi connectivity index (χ4n) is 5.47. The van der Waals surface area contributed by atoms with Crippen molar-refractivity contribution in [2.45, 2.75) is 45.3 Å². The number of aromatic amines is 1. The number of hydrogen-bond acceptors (Lipinski definition) is 10. The van der Waals surface area contributed by atoms with Crippen LogP contribution in [0, 0.1) is 19.7 Å². The van der Waals surface area contributed by atoms with Gasteiger partial charge in [0.2, 0.25) is 11.9 Å². The summed E-state index contributed by atoms with van der Waals surface area (Å²) >= 11 is 0. The maximum Gasteiger partial charge on any atom is 0.318 e. The first-order valence-corrected chi connectivity index (χ1v) is 15.0. The van der Waals surface area contributed by atoms with E-state index in [2.05, 4.69) is 41.0 Å². The molecule has 4 N–H and O–H groups in total. The monoisotopic (exact) mass is 611 g/mol. The topological polar surface area (TPSA) is 151 Å². The SMILES string of the molecule is Cc1cnc(Nc2cc(C)n(C)n2)nc1-c1c[nH]c2c(NC(=O)CN3CC[C@H](Oc4ncc(F)c(NC5CC5)n4)C3)cccc12. The molecule has 5 aromatic rings. The van der Waals surface area contributed by atoms with Gasteiger partial charge in [-0.1, -0.05) is 12.1 Å². The number of rotatable bonds is 10. The predicted molar refractivity (Wildman–Crippen MR) is 168 cm³/mol. The minimum absolute atomic E-state index is 0.136. The zero-order valence-electron chi connectivity index (χ0n) is 25.3. The summed E-state index contributed by atoms with van der Waals surface area (Å²) in [6.45, 7) is 5.37. The number of para-hydroxylation sites is 1. The van der Waals surface area contributed by atoms with Gasteiger partial charge < -0.3 is 25.7 Å². The number of benzene rings is 1. The second-order valence-corrected chi connectivity index (χ2v) is 11.7. The van der Waals surface area contributed by atoms with E-state index in [0.29, 0.717) is 37.0 Å². The standard InChI is InChI=1S/C31H34FN11O2/c1-17-12-34-30(38-25-11-18(2)42(3)41-25)39-27(17)22-13-33-28-21(22)5-4-6-24(28)37-26(44)16-43-10-9-20(15-43)45-31-35-14-23(32)29(40-31)36-19-7-8-19/h4-6,11-14,19-20,33H,7-10,15-16H2,1-3H3,(H,37,44)(H,35,36,40)(H,34,38,39,41)/t20-/m0/s1. The third-order valence-corrected chi connectivity index (χ3v) is 8.08. The number of carbonyl (C=O) groups excluding carboxylic acids is 1. The lowest BCUT2D eigenvalue weighted by Gasteiger charge is -2.16. The van der Waals surface area contributed by atoms with Crippen LogP contribution in [0.2, 0.25) is 0 Å². The van der Waals surface area contributed by atoms with Gasteiger partial charge in [-0.2, -0.15) is 10.1 Å². The van der Waals surface area contributed by atoms with E-state index in [9.17, 15) is 9.18 Å². The number of aryl methyl sites for hydroxylation is 3. The highest BCUT2D eigenvalue weighted by atomic mass is 19.1. The third-order valence-electron chi connectivity index (χ3n) is 8.08. The molecule has 4 aromatic heterocycles. The van der Waals surface area contributed by atoms with E-state index in [4.69, 9.17) is 9.72 Å². The number of anilines is 4. The molecular formula is C31H34FN11O2. The summed E-state index contributed by atoms with van der Waals surface area (Å²) in [5.41, 5.74) is 5.10. The minimum Gasteiger partial charge on any atom is -0.459 e. The molecule has 232 valence electrons. The lowest BCUT2D eigenvalue weighted by molar-refractivity contribution is -0.117. The number of ether oxygens (including phenoxy) is 1. The third kappa shape index (κ3) is 6.27. The molecule has 0 radical (unpaired) electrons. The zero-order valence-corrected chi connectivity index (χ0v) is 25.3. The number of H-pyrrole nitrogens is 1. The number of likely N-dealkylation sites (tertiary alicyclic amines) is 1. The van der Waals surface area contributed by atoms with Crippen LogP contribution in [-0.2, 0) is 11.8 Å². The van der Waals surface area contributed by atoms with Crippen LogP contribution in [0.3, 0.4) is 0 Å². The molecule has 0 spiro atoms. The zero-order chi connectivity index (χ0) is 31.1. The second-order valence-electron chi connectivity index (χ2n) is 11.7. The van der Waals surface area contributed by atoms with E-state index in [-0.39, 0.29) is 36.4 Å². The first-order valence-electron chi connectivity index (χ1n) is 15.0. The number of halogens is 1. The normalized spacial score (nSPS) is 16.7. The largest absolute Gasteiger partial charge is 0.459 e. The van der Waals surface area contributed by atoms with E-state index in [0.717, 1.165) is 52.5 Å². The summed E-state index contributed by atoms with van der Waals surface area (Å²) in [6, 6.07) is 8.12. The number of nitrogens with zero attached hydrogens (tertiary/aromatic N) is 7. The average molecular weight is 612 g/mol. The first-order chi connectivity index (χ1) is 21.8. The predicted octanol–water partition coefficient (Wildman–Crippen LogP) is 4.31. The summed E-state index contributed by atoms with van der Waals surface area (Å²) in [6.07, 6.45) is 7.34. The molecular weight excluding hydrogens is 577 g/mol. The van der Waals surface area contributed by atoms with Crippen LogP contribution in [0.25, 0.3) is 22.2 Å². The van der Waals surface area contributed by atoms with Crippen molar-refractivity contribution >= 4 is 40.1 Å². The van der Waals surface area contributed by atoms with Gasteiger partial charge in [-0.05, 0) is 44.7 Å². The van der Waals surface area contributed by atoms with Crippen LogP contribution < -0.4 is 20.7 Å². The van der Waals surface area contributed by atoms with Gasteiger partial charge in [-0.25, -0.2) is 19.3 Å². The van der Waals surface area contributed by atoms with Crippen LogP contribution >= 0.6 is 0 Å². The molecule has 1 amide bonds. The van der Waals surface area contributed by atoms with Crippen molar-refractivity contribution in [1.82, 2.24) is 39.6 Å². The molecule has 14 heteroatoms. The summed E-state index contributed by atoms with van der Waals surface area (Å²) in [7, 11) is 1.88. The molecule has 45 heavy (non-hydrogen) atoms. The van der Waals surface area contributed by atoms with Gasteiger partial charge in [-0.15, -0.1) is 0 Å². The number of nitrogens with one attached hydrogen (secondary N) is 4. The molecule has 0 bridgehead atoms. The first kappa shape index (κ1) is 28.6. The van der Waals surface area contributed by atoms with Gasteiger partial charge in [0.15, 0.2) is 17.5 Å². The molecule has 2 aliphatic rings. The van der Waals surface area contributed by atoms with Crippen LogP contribution in [0.1, 0.15) is 30.5 Å². The number of hydrogen-bond donors (Lipinski definition) is 4. The van der Waals surface area contributed by atoms with E-state index in [1.165, 1.54) is 0 Å². The fraction of sp³-hybridized carbons (Fsp3) is 0.355. The highest BCUT2D eigenvalue weighted by Crippen LogP contribution is 2.33. The Bertz CT molecular complexity index is 1860. The molecule has 1 saturated carbocycles. The molecule has 1 saturated heterocycles. The van der Waals surface area contributed by atoms with Crippen LogP contribution in [-0.4, -0.2) is 77.3 Å². The highest BCUT2D eigenvalue weighted by Gasteiger charge is 2.28. The smallest absolute Gasteiger partial charge is 0.318 e. The molecule has 1 aliphatic heterocycles. The van der Waals surface area contributed by atoms with E-state index in [1.807, 2.05) is 56.3 Å². The van der Waals surface area contributed by atoms with Crippen LogP contribution in [0.5, 0.6) is 6.01 Å². The molecule has 0 unspecified atom stereocenters. The summed E-state index contributed by atoms with van der Waals surface area (Å²) in [5, 5.41) is 14.7. The number of amides is 1. The Kier molecular flexibility index (Phi) is 7.49. The van der Waals surface area contributed by atoms with Crippen molar-refractivity contribution in [3.8, 4) is 17.3 Å². The van der Waals surface area contributed by atoms with E-state index >= 15 is 0 Å². The fourth-order valence-corrected chi connectivity index (χ4v) is 5.47. The summed E-state index contributed by atoms with van der Waals surface area (Å²) < 4.78 is 21.8. The van der Waals surface area contributed by atoms with Gasteiger partial charge in [0, 0.05) is 61.3 Å². The van der Waals surface area contributed by atoms with Crippen LogP contribution in [0.4, 0.5) is 27.7 Å². The van der Waals surface area contributed by atoms with Crippen molar-refractivity contribution in [2.24, 2.45) is 7.05 Å². The van der Waals surface area contributed by atoms with Crippen molar-refractivity contribution < 1.29 is 13.9 Å². The molecule has 13 nitrogen and oxygen atoms in total. The number of carbonyl (C=O) groups is 1. The van der Waals surface area contributed by atoms with Gasteiger partial charge in [0.05, 0.1) is 29.6 Å². The van der Waals surface area contributed by atoms with Gasteiger partial charge in [0.1, 0.15) is 6.10 Å². The summed E-state index contributed by atoms with van der Waals surface area (Å²) in [5.74, 6) is 0.659. The Morgan fingerprint density at radius 2 is 2.02 bits per heavy atom. The lowest BCUT2D eigenvalue weighted by Crippen LogP contribution is -2.33. The molecule has 5 heterocycles.